The van der Waals surface area contributed by atoms with Crippen molar-refractivity contribution in [1.82, 2.24) is 15.4 Å². The number of carbonyl (C=O) groups is 1. The predicted molar refractivity (Wildman–Crippen MR) is 93.8 cm³/mol. The lowest BCUT2D eigenvalue weighted by Gasteiger charge is -2.14. The molecule has 1 amide bonds. The molecule has 4 N–H and O–H groups in total. The third kappa shape index (κ3) is 5.29. The number of benzene rings is 1. The number of rotatable bonds is 7. The van der Waals surface area contributed by atoms with Crippen LogP contribution < -0.4 is 15.4 Å². The Hall–Kier alpha value is -1.45. The number of halogens is 1. The second-order valence-electron chi connectivity index (χ2n) is 5.36. The number of hydrogen-bond donors (Lipinski definition) is 4. The second kappa shape index (κ2) is 9.14. The van der Waals surface area contributed by atoms with E-state index in [0.29, 0.717) is 19.6 Å². The molecule has 1 aromatic rings. The van der Waals surface area contributed by atoms with Gasteiger partial charge in [0.1, 0.15) is 0 Å². The number of aliphatic hydroxyl groups is 1. The summed E-state index contributed by atoms with van der Waals surface area (Å²) in [7, 11) is -3.67. The Morgan fingerprint density at radius 3 is 2.79 bits per heavy atom. The van der Waals surface area contributed by atoms with Crippen LogP contribution in [0, 0.1) is 5.92 Å². The van der Waals surface area contributed by atoms with Crippen molar-refractivity contribution >= 4 is 28.3 Å². The fraction of sp³-hybridized carbons (Fsp3) is 0.400. The molecule has 7 nitrogen and oxygen atoms in total. The maximum absolute atomic E-state index is 12.2. The molecule has 1 saturated heterocycles. The first-order valence-corrected chi connectivity index (χ1v) is 8.80. The van der Waals surface area contributed by atoms with Gasteiger partial charge in [0.2, 0.25) is 10.0 Å². The van der Waals surface area contributed by atoms with Crippen molar-refractivity contribution in [2.45, 2.75) is 11.0 Å². The zero-order valence-corrected chi connectivity index (χ0v) is 14.7. The van der Waals surface area contributed by atoms with E-state index in [0.717, 1.165) is 0 Å². The van der Waals surface area contributed by atoms with Crippen LogP contribution in [0.4, 0.5) is 0 Å². The summed E-state index contributed by atoms with van der Waals surface area (Å²) in [6, 6.07) is 5.81. The van der Waals surface area contributed by atoms with Gasteiger partial charge in [0.05, 0.1) is 11.0 Å². The van der Waals surface area contributed by atoms with Gasteiger partial charge >= 0.3 is 0 Å². The molecule has 0 saturated carbocycles. The van der Waals surface area contributed by atoms with Crippen LogP contribution in [-0.2, 0) is 10.0 Å². The van der Waals surface area contributed by atoms with E-state index >= 15 is 0 Å². The van der Waals surface area contributed by atoms with E-state index in [1.807, 2.05) is 0 Å². The van der Waals surface area contributed by atoms with Crippen LogP contribution in [0.1, 0.15) is 10.4 Å². The molecule has 9 heteroatoms. The molecule has 1 heterocycles. The predicted octanol–water partition coefficient (Wildman–Crippen LogP) is -0.117. The number of aliphatic hydroxyl groups excluding tert-OH is 1. The maximum Gasteiger partial charge on any atom is 0.251 e. The highest BCUT2D eigenvalue weighted by Gasteiger charge is 2.25. The Labute approximate surface area is 148 Å². The van der Waals surface area contributed by atoms with E-state index in [9.17, 15) is 18.3 Å². The van der Waals surface area contributed by atoms with Crippen molar-refractivity contribution in [3.8, 4) is 0 Å². The molecule has 0 aromatic heterocycles. The third-order valence-electron chi connectivity index (χ3n) is 3.65. The Bertz CT molecular complexity index is 681. The largest absolute Gasteiger partial charge is 0.391 e. The van der Waals surface area contributed by atoms with Gasteiger partial charge in [-0.3, -0.25) is 4.79 Å². The maximum atomic E-state index is 12.2. The highest BCUT2D eigenvalue weighted by molar-refractivity contribution is 7.89. The van der Waals surface area contributed by atoms with Gasteiger partial charge in [0.25, 0.3) is 5.91 Å². The lowest BCUT2D eigenvalue weighted by Crippen LogP contribution is -2.34. The third-order valence-corrected chi connectivity index (χ3v) is 5.07. The average molecular weight is 376 g/mol. The van der Waals surface area contributed by atoms with Crippen LogP contribution >= 0.6 is 12.4 Å². The van der Waals surface area contributed by atoms with Gasteiger partial charge in [-0.25, -0.2) is 13.1 Å². The van der Waals surface area contributed by atoms with Crippen molar-refractivity contribution in [2.75, 3.05) is 26.2 Å². The molecule has 0 radical (unpaired) electrons. The molecular weight excluding hydrogens is 354 g/mol. The molecule has 134 valence electrons. The first-order chi connectivity index (χ1) is 10.9. The molecule has 1 aromatic carbocycles. The van der Waals surface area contributed by atoms with Crippen molar-refractivity contribution in [3.05, 3.63) is 42.5 Å². The van der Waals surface area contributed by atoms with E-state index in [2.05, 4.69) is 21.9 Å². The Kier molecular flexibility index (Phi) is 7.85. The first kappa shape index (κ1) is 20.6. The standard InChI is InChI=1S/C15H21N3O4S.ClH/c1-2-6-18-23(21,22)13-5-3-4-11(7-13)15(20)17-9-12-8-16-10-14(12)19;/h2-5,7,12,14,16,18-19H,1,6,8-10H2,(H,17,20);1H. The molecule has 1 aliphatic rings. The van der Waals surface area contributed by atoms with Gasteiger partial charge in [-0.2, -0.15) is 0 Å². The van der Waals surface area contributed by atoms with E-state index in [1.54, 1.807) is 6.07 Å². The van der Waals surface area contributed by atoms with Crippen molar-refractivity contribution < 1.29 is 18.3 Å². The molecule has 2 rings (SSSR count). The summed E-state index contributed by atoms with van der Waals surface area (Å²) in [5.41, 5.74) is 0.256. The lowest BCUT2D eigenvalue weighted by atomic mass is 10.1. The highest BCUT2D eigenvalue weighted by atomic mass is 35.5. The van der Waals surface area contributed by atoms with Crippen LogP contribution in [-0.4, -0.2) is 51.7 Å². The fourth-order valence-electron chi connectivity index (χ4n) is 2.31. The Balaban J connectivity index is 0.00000288. The Morgan fingerprint density at radius 1 is 1.42 bits per heavy atom. The van der Waals surface area contributed by atoms with Gasteiger partial charge in [-0.15, -0.1) is 19.0 Å². The molecule has 0 aliphatic carbocycles. The van der Waals surface area contributed by atoms with Gasteiger partial charge in [-0.1, -0.05) is 12.1 Å². The molecule has 24 heavy (non-hydrogen) atoms. The summed E-state index contributed by atoms with van der Waals surface area (Å²) >= 11 is 0. The van der Waals surface area contributed by atoms with Gasteiger partial charge < -0.3 is 15.7 Å². The number of hydrogen-bond acceptors (Lipinski definition) is 5. The summed E-state index contributed by atoms with van der Waals surface area (Å²) < 4.78 is 26.4. The van der Waals surface area contributed by atoms with Crippen molar-refractivity contribution in [1.29, 1.82) is 0 Å². The van der Waals surface area contributed by atoms with Gasteiger partial charge in [-0.05, 0) is 18.2 Å². The van der Waals surface area contributed by atoms with E-state index in [4.69, 9.17) is 0 Å². The summed E-state index contributed by atoms with van der Waals surface area (Å²) in [4.78, 5) is 12.2. The SMILES string of the molecule is C=CCNS(=O)(=O)c1cccc(C(=O)NCC2CNCC2O)c1.Cl. The molecule has 2 atom stereocenters. The topological polar surface area (TPSA) is 108 Å². The smallest absolute Gasteiger partial charge is 0.251 e. The number of nitrogens with one attached hydrogen (secondary N) is 3. The number of sulfonamides is 1. The fourth-order valence-corrected chi connectivity index (χ4v) is 3.35. The normalized spacial score (nSPS) is 20.2. The number of carbonyl (C=O) groups excluding carboxylic acids is 1. The van der Waals surface area contributed by atoms with Gasteiger partial charge in [0, 0.05) is 37.7 Å². The monoisotopic (exact) mass is 375 g/mol. The summed E-state index contributed by atoms with van der Waals surface area (Å²) in [6.07, 6.45) is 0.958. The van der Waals surface area contributed by atoms with Crippen molar-refractivity contribution in [2.24, 2.45) is 5.92 Å². The minimum Gasteiger partial charge on any atom is -0.391 e. The molecule has 0 bridgehead atoms. The van der Waals surface area contributed by atoms with Crippen LogP contribution in [0.5, 0.6) is 0 Å². The zero-order chi connectivity index (χ0) is 16.9. The minimum atomic E-state index is -3.67. The van der Waals surface area contributed by atoms with E-state index in [1.165, 1.54) is 24.3 Å². The summed E-state index contributed by atoms with van der Waals surface area (Å²) in [5.74, 6) is -0.412. The second-order valence-corrected chi connectivity index (χ2v) is 7.13. The molecular formula is C15H22ClN3O4S. The minimum absolute atomic E-state index is 0. The average Bonchev–Trinajstić information content (AvgIpc) is 2.96. The quantitative estimate of drug-likeness (QED) is 0.497. The van der Waals surface area contributed by atoms with Crippen LogP contribution in [0.2, 0.25) is 0 Å². The Morgan fingerprint density at radius 2 is 2.17 bits per heavy atom. The number of amides is 1. The van der Waals surface area contributed by atoms with Crippen LogP contribution in [0.15, 0.2) is 41.8 Å². The summed E-state index contributed by atoms with van der Waals surface area (Å²) in [5, 5.41) is 15.5. The number of β-amino-alcohol motifs (C(OH)–C–C–N with tert-alkyl or cyclic N) is 1. The summed E-state index contributed by atoms with van der Waals surface area (Å²) in [6.45, 7) is 5.06. The van der Waals surface area contributed by atoms with Gasteiger partial charge in [0.15, 0.2) is 0 Å². The molecule has 0 spiro atoms. The van der Waals surface area contributed by atoms with E-state index < -0.39 is 16.1 Å². The molecule has 1 fully saturated rings. The van der Waals surface area contributed by atoms with Crippen molar-refractivity contribution in [3.63, 3.8) is 0 Å². The molecule has 1 aliphatic heterocycles. The first-order valence-electron chi connectivity index (χ1n) is 7.31. The van der Waals surface area contributed by atoms with Crippen LogP contribution in [0.25, 0.3) is 0 Å². The van der Waals surface area contributed by atoms with Crippen LogP contribution in [0.3, 0.4) is 0 Å². The molecule has 2 unspecified atom stereocenters. The van der Waals surface area contributed by atoms with E-state index in [-0.39, 0.29) is 41.2 Å². The zero-order valence-electron chi connectivity index (χ0n) is 13.1. The lowest BCUT2D eigenvalue weighted by molar-refractivity contribution is 0.0927. The highest BCUT2D eigenvalue weighted by Crippen LogP contribution is 2.12.